The molecular weight excluding hydrogens is 412 g/mol. The van der Waals surface area contributed by atoms with Crippen LogP contribution in [0.25, 0.3) is 11.3 Å². The number of nitrogens with zero attached hydrogens (tertiary/aromatic N) is 1. The predicted octanol–water partition coefficient (Wildman–Crippen LogP) is 6.37. The summed E-state index contributed by atoms with van der Waals surface area (Å²) in [6.45, 7) is 2.87. The third kappa shape index (κ3) is 6.26. The molecule has 7 heteroatoms. The minimum atomic E-state index is -0.0828. The maximum atomic E-state index is 12.2. The van der Waals surface area contributed by atoms with Gasteiger partial charge in [-0.05, 0) is 55.0 Å². The van der Waals surface area contributed by atoms with Gasteiger partial charge in [-0.15, -0.1) is 23.1 Å². The fraction of sp³-hybridized carbons (Fsp3) is 0.238. The molecule has 0 saturated carbocycles. The summed E-state index contributed by atoms with van der Waals surface area (Å²) in [6.07, 6.45) is 2.16. The molecule has 0 fully saturated rings. The van der Waals surface area contributed by atoms with Crippen molar-refractivity contribution in [2.75, 3.05) is 17.7 Å². The van der Waals surface area contributed by atoms with Crippen LogP contribution in [0.15, 0.2) is 58.8 Å². The highest BCUT2D eigenvalue weighted by atomic mass is 35.5. The van der Waals surface area contributed by atoms with E-state index in [4.69, 9.17) is 16.3 Å². The van der Waals surface area contributed by atoms with Gasteiger partial charge in [0.15, 0.2) is 5.13 Å². The molecule has 1 amide bonds. The van der Waals surface area contributed by atoms with Crippen LogP contribution >= 0.6 is 34.7 Å². The van der Waals surface area contributed by atoms with Crippen molar-refractivity contribution < 1.29 is 9.53 Å². The lowest BCUT2D eigenvalue weighted by molar-refractivity contribution is -0.113. The van der Waals surface area contributed by atoms with Gasteiger partial charge in [0.25, 0.3) is 0 Å². The van der Waals surface area contributed by atoms with Gasteiger partial charge in [0.1, 0.15) is 5.75 Å². The molecule has 2 aromatic carbocycles. The number of thiazole rings is 1. The topological polar surface area (TPSA) is 51.2 Å². The largest absolute Gasteiger partial charge is 0.494 e. The van der Waals surface area contributed by atoms with Crippen molar-refractivity contribution in [1.29, 1.82) is 0 Å². The zero-order chi connectivity index (χ0) is 19.8. The van der Waals surface area contributed by atoms with Gasteiger partial charge < -0.3 is 10.1 Å². The summed E-state index contributed by atoms with van der Waals surface area (Å²) in [6, 6.07) is 15.3. The van der Waals surface area contributed by atoms with E-state index < -0.39 is 0 Å². The number of hydrogen-bond donors (Lipinski definition) is 1. The summed E-state index contributed by atoms with van der Waals surface area (Å²) in [5, 5.41) is 6.08. The Bertz CT molecular complexity index is 896. The van der Waals surface area contributed by atoms with Gasteiger partial charge in [-0.2, -0.15) is 0 Å². The van der Waals surface area contributed by atoms with Crippen LogP contribution < -0.4 is 10.1 Å². The molecular formula is C21H21ClN2O2S2. The first-order valence-corrected chi connectivity index (χ1v) is 11.3. The van der Waals surface area contributed by atoms with Crippen molar-refractivity contribution in [3.05, 3.63) is 58.9 Å². The molecule has 0 aliphatic heterocycles. The third-order valence-corrected chi connectivity index (χ3v) is 5.87. The van der Waals surface area contributed by atoms with E-state index >= 15 is 0 Å². The summed E-state index contributed by atoms with van der Waals surface area (Å²) in [4.78, 5) is 17.7. The van der Waals surface area contributed by atoms with Crippen molar-refractivity contribution in [3.63, 3.8) is 0 Å². The Morgan fingerprint density at radius 1 is 1.18 bits per heavy atom. The highest BCUT2D eigenvalue weighted by molar-refractivity contribution is 8.00. The molecule has 0 radical (unpaired) electrons. The number of amides is 1. The average molecular weight is 433 g/mol. The van der Waals surface area contributed by atoms with Gasteiger partial charge in [-0.1, -0.05) is 24.9 Å². The lowest BCUT2D eigenvalue weighted by atomic mass is 10.2. The van der Waals surface area contributed by atoms with E-state index in [0.717, 1.165) is 41.4 Å². The summed E-state index contributed by atoms with van der Waals surface area (Å²) >= 11 is 8.75. The van der Waals surface area contributed by atoms with Crippen LogP contribution in [0.5, 0.6) is 5.75 Å². The molecule has 4 nitrogen and oxygen atoms in total. The maximum Gasteiger partial charge on any atom is 0.236 e. The Hall–Kier alpha value is -2.02. The van der Waals surface area contributed by atoms with E-state index in [0.29, 0.717) is 15.9 Å². The van der Waals surface area contributed by atoms with Crippen LogP contribution in [-0.2, 0) is 4.79 Å². The zero-order valence-electron chi connectivity index (χ0n) is 15.5. The molecule has 0 saturated heterocycles. The van der Waals surface area contributed by atoms with Gasteiger partial charge in [0.05, 0.1) is 18.1 Å². The number of hydrogen-bond acceptors (Lipinski definition) is 5. The van der Waals surface area contributed by atoms with E-state index in [1.165, 1.54) is 23.1 Å². The van der Waals surface area contributed by atoms with Crippen LogP contribution in [0.1, 0.15) is 19.8 Å². The van der Waals surface area contributed by atoms with E-state index in [1.807, 2.05) is 53.9 Å². The number of carbonyl (C=O) groups is 1. The molecule has 0 atom stereocenters. The Kier molecular flexibility index (Phi) is 7.77. The minimum absolute atomic E-state index is 0.0828. The minimum Gasteiger partial charge on any atom is -0.494 e. The number of thioether (sulfide) groups is 1. The number of carbonyl (C=O) groups excluding carboxylic acids is 1. The molecule has 1 N–H and O–H groups in total. The molecule has 0 unspecified atom stereocenters. The number of nitrogens with one attached hydrogen (secondary N) is 1. The van der Waals surface area contributed by atoms with E-state index in [-0.39, 0.29) is 5.91 Å². The number of halogens is 1. The molecule has 3 rings (SSSR count). The number of ether oxygens (including phenoxy) is 1. The SMILES string of the molecule is CCCCOc1ccc(-c2csc(NC(=O)CSc3ccc(Cl)cc3)n2)cc1. The summed E-state index contributed by atoms with van der Waals surface area (Å²) < 4.78 is 5.68. The quantitative estimate of drug-likeness (QED) is 0.315. The fourth-order valence-corrected chi connectivity index (χ4v) is 3.92. The maximum absolute atomic E-state index is 12.2. The Labute approximate surface area is 178 Å². The number of benzene rings is 2. The van der Waals surface area contributed by atoms with E-state index in [9.17, 15) is 4.79 Å². The van der Waals surface area contributed by atoms with Crippen molar-refractivity contribution in [2.24, 2.45) is 0 Å². The van der Waals surface area contributed by atoms with Crippen molar-refractivity contribution in [1.82, 2.24) is 4.98 Å². The van der Waals surface area contributed by atoms with E-state index in [2.05, 4.69) is 17.2 Å². The molecule has 0 aliphatic rings. The molecule has 1 aromatic heterocycles. The monoisotopic (exact) mass is 432 g/mol. The lowest BCUT2D eigenvalue weighted by Crippen LogP contribution is -2.13. The normalized spacial score (nSPS) is 10.6. The van der Waals surface area contributed by atoms with Crippen LogP contribution in [0.4, 0.5) is 5.13 Å². The number of unbranched alkanes of at least 4 members (excludes halogenated alkanes) is 1. The second-order valence-electron chi connectivity index (χ2n) is 6.06. The third-order valence-electron chi connectivity index (χ3n) is 3.85. The van der Waals surface area contributed by atoms with Crippen molar-refractivity contribution >= 4 is 45.7 Å². The average Bonchev–Trinajstić information content (AvgIpc) is 3.17. The smallest absolute Gasteiger partial charge is 0.236 e. The number of rotatable bonds is 9. The zero-order valence-corrected chi connectivity index (χ0v) is 17.9. The Morgan fingerprint density at radius 2 is 1.93 bits per heavy atom. The first kappa shape index (κ1) is 20.7. The lowest BCUT2D eigenvalue weighted by Gasteiger charge is -2.05. The molecule has 0 spiro atoms. The van der Waals surface area contributed by atoms with Crippen LogP contribution in [0, 0.1) is 0 Å². The van der Waals surface area contributed by atoms with Crippen molar-refractivity contribution in [2.45, 2.75) is 24.7 Å². The van der Waals surface area contributed by atoms with Gasteiger partial charge >= 0.3 is 0 Å². The van der Waals surface area contributed by atoms with Gasteiger partial charge in [-0.25, -0.2) is 4.98 Å². The first-order valence-electron chi connectivity index (χ1n) is 9.01. The first-order chi connectivity index (χ1) is 13.6. The van der Waals surface area contributed by atoms with Crippen molar-refractivity contribution in [3.8, 4) is 17.0 Å². The second kappa shape index (κ2) is 10.5. The van der Waals surface area contributed by atoms with E-state index in [1.54, 1.807) is 0 Å². The fourth-order valence-electron chi connectivity index (χ4n) is 2.36. The van der Waals surface area contributed by atoms with Gasteiger partial charge in [-0.3, -0.25) is 4.79 Å². The molecule has 146 valence electrons. The van der Waals surface area contributed by atoms with Crippen LogP contribution in [0.2, 0.25) is 5.02 Å². The van der Waals surface area contributed by atoms with Crippen LogP contribution in [0.3, 0.4) is 0 Å². The molecule has 0 aliphatic carbocycles. The summed E-state index contributed by atoms with van der Waals surface area (Å²) in [7, 11) is 0. The Balaban J connectivity index is 1.51. The second-order valence-corrected chi connectivity index (χ2v) is 8.40. The Morgan fingerprint density at radius 3 is 2.64 bits per heavy atom. The molecule has 1 heterocycles. The van der Waals surface area contributed by atoms with Crippen LogP contribution in [-0.4, -0.2) is 23.3 Å². The molecule has 0 bridgehead atoms. The highest BCUT2D eigenvalue weighted by Gasteiger charge is 2.09. The standard InChI is InChI=1S/C21H21ClN2O2S2/c1-2-3-12-26-17-8-4-15(5-9-17)19-13-28-21(23-19)24-20(25)14-27-18-10-6-16(22)7-11-18/h4-11,13H,2-3,12,14H2,1H3,(H,23,24,25). The summed E-state index contributed by atoms with van der Waals surface area (Å²) in [5.74, 6) is 1.10. The number of anilines is 1. The number of aromatic nitrogens is 1. The predicted molar refractivity (Wildman–Crippen MR) is 119 cm³/mol. The van der Waals surface area contributed by atoms with Gasteiger partial charge in [0.2, 0.25) is 5.91 Å². The molecule has 28 heavy (non-hydrogen) atoms. The van der Waals surface area contributed by atoms with Gasteiger partial charge in [0, 0.05) is 20.9 Å². The highest BCUT2D eigenvalue weighted by Crippen LogP contribution is 2.27. The molecule has 3 aromatic rings. The summed E-state index contributed by atoms with van der Waals surface area (Å²) in [5.41, 5.74) is 1.83.